The van der Waals surface area contributed by atoms with E-state index in [1.165, 1.54) is 0 Å². The van der Waals surface area contributed by atoms with Crippen LogP contribution >= 0.6 is 0 Å². The highest BCUT2D eigenvalue weighted by molar-refractivity contribution is 4.41. The molecule has 0 N–H and O–H groups in total. The van der Waals surface area contributed by atoms with Crippen molar-refractivity contribution in [3.05, 3.63) is 0 Å². The Morgan fingerprint density at radius 1 is 1.20 bits per heavy atom. The number of hydrogen-bond donors (Lipinski definition) is 0. The largest absolute Gasteiger partial charge is 0.356 e. The van der Waals surface area contributed by atoms with Crippen LogP contribution < -0.4 is 0 Å². The minimum Gasteiger partial charge on any atom is -0.356 e. The quantitative estimate of drug-likeness (QED) is 0.535. The van der Waals surface area contributed by atoms with Crippen molar-refractivity contribution in [2.24, 2.45) is 0 Å². The van der Waals surface area contributed by atoms with Crippen molar-refractivity contribution in [2.45, 2.75) is 39.4 Å². The average Bonchev–Trinajstić information content (AvgIpc) is 1.98. The van der Waals surface area contributed by atoms with Gasteiger partial charge in [-0.2, -0.15) is 0 Å². The van der Waals surface area contributed by atoms with Crippen LogP contribution in [0, 0.1) is 0 Å². The molecule has 2 heteroatoms. The van der Waals surface area contributed by atoms with Crippen LogP contribution in [0.5, 0.6) is 0 Å². The predicted octanol–water partition coefficient (Wildman–Crippen LogP) is 2.19. The van der Waals surface area contributed by atoms with Gasteiger partial charge in [-0.3, -0.25) is 0 Å². The van der Waals surface area contributed by atoms with Crippen molar-refractivity contribution in [3.63, 3.8) is 0 Å². The SMILES string of the molecule is CCCOC(CCC)OC. The maximum Gasteiger partial charge on any atom is 0.157 e. The zero-order chi connectivity index (χ0) is 7.82. The molecule has 0 aliphatic heterocycles. The monoisotopic (exact) mass is 146 g/mol. The Morgan fingerprint density at radius 2 is 1.90 bits per heavy atom. The molecule has 0 bridgehead atoms. The Hall–Kier alpha value is -0.0800. The van der Waals surface area contributed by atoms with E-state index in [-0.39, 0.29) is 6.29 Å². The van der Waals surface area contributed by atoms with E-state index >= 15 is 0 Å². The van der Waals surface area contributed by atoms with Gasteiger partial charge < -0.3 is 9.47 Å². The molecule has 1 unspecified atom stereocenters. The van der Waals surface area contributed by atoms with E-state index in [0.717, 1.165) is 25.9 Å². The molecule has 0 saturated carbocycles. The van der Waals surface area contributed by atoms with Crippen LogP contribution in [0.3, 0.4) is 0 Å². The van der Waals surface area contributed by atoms with Gasteiger partial charge in [0, 0.05) is 13.7 Å². The lowest BCUT2D eigenvalue weighted by Crippen LogP contribution is -2.15. The Labute approximate surface area is 63.5 Å². The summed E-state index contributed by atoms with van der Waals surface area (Å²) in [5.41, 5.74) is 0. The number of methoxy groups -OCH3 is 1. The molecule has 0 heterocycles. The maximum atomic E-state index is 5.36. The van der Waals surface area contributed by atoms with Crippen molar-refractivity contribution in [1.82, 2.24) is 0 Å². The standard InChI is InChI=1S/C8H18O2/c1-4-6-8(9-3)10-7-5-2/h8H,4-7H2,1-3H3. The first-order chi connectivity index (χ1) is 4.85. The van der Waals surface area contributed by atoms with Gasteiger partial charge in [0.1, 0.15) is 0 Å². The van der Waals surface area contributed by atoms with Crippen molar-refractivity contribution in [3.8, 4) is 0 Å². The number of ether oxygens (including phenoxy) is 2. The number of rotatable bonds is 6. The van der Waals surface area contributed by atoms with Gasteiger partial charge in [-0.05, 0) is 12.8 Å². The normalized spacial score (nSPS) is 13.5. The lowest BCUT2D eigenvalue weighted by molar-refractivity contribution is -0.127. The third-order valence-corrected chi connectivity index (χ3v) is 1.30. The van der Waals surface area contributed by atoms with E-state index in [2.05, 4.69) is 13.8 Å². The maximum absolute atomic E-state index is 5.36. The zero-order valence-electron chi connectivity index (χ0n) is 7.22. The van der Waals surface area contributed by atoms with Gasteiger partial charge in [-0.25, -0.2) is 0 Å². The van der Waals surface area contributed by atoms with Crippen LogP contribution in [0.15, 0.2) is 0 Å². The molecule has 0 aliphatic rings. The molecule has 0 rings (SSSR count). The minimum atomic E-state index is 0.0185. The van der Waals surface area contributed by atoms with Crippen LogP contribution in [0.2, 0.25) is 0 Å². The summed E-state index contributed by atoms with van der Waals surface area (Å²) in [7, 11) is 1.69. The van der Waals surface area contributed by atoms with E-state index in [1.54, 1.807) is 7.11 Å². The van der Waals surface area contributed by atoms with Crippen molar-refractivity contribution >= 4 is 0 Å². The minimum absolute atomic E-state index is 0.0185. The molecule has 0 saturated heterocycles. The Morgan fingerprint density at radius 3 is 2.30 bits per heavy atom. The molecule has 0 amide bonds. The lowest BCUT2D eigenvalue weighted by atomic mass is 10.3. The third-order valence-electron chi connectivity index (χ3n) is 1.30. The summed E-state index contributed by atoms with van der Waals surface area (Å²) in [6, 6.07) is 0. The Bertz CT molecular complexity index is 64.3. The second-order valence-electron chi connectivity index (χ2n) is 2.32. The summed E-state index contributed by atoms with van der Waals surface area (Å²) in [6.07, 6.45) is 3.19. The molecule has 10 heavy (non-hydrogen) atoms. The van der Waals surface area contributed by atoms with E-state index in [9.17, 15) is 0 Å². The smallest absolute Gasteiger partial charge is 0.157 e. The van der Waals surface area contributed by atoms with E-state index in [1.807, 2.05) is 0 Å². The van der Waals surface area contributed by atoms with Gasteiger partial charge in [-0.15, -0.1) is 0 Å². The highest BCUT2D eigenvalue weighted by atomic mass is 16.7. The first-order valence-electron chi connectivity index (χ1n) is 3.99. The topological polar surface area (TPSA) is 18.5 Å². The molecule has 0 fully saturated rings. The summed E-state index contributed by atoms with van der Waals surface area (Å²) in [4.78, 5) is 0. The lowest BCUT2D eigenvalue weighted by Gasteiger charge is -2.13. The van der Waals surface area contributed by atoms with Crippen LogP contribution in [-0.4, -0.2) is 20.0 Å². The first-order valence-corrected chi connectivity index (χ1v) is 3.99. The zero-order valence-corrected chi connectivity index (χ0v) is 7.22. The molecule has 0 aromatic carbocycles. The molecule has 62 valence electrons. The summed E-state index contributed by atoms with van der Waals surface area (Å²) in [5.74, 6) is 0. The van der Waals surface area contributed by atoms with Crippen molar-refractivity contribution in [1.29, 1.82) is 0 Å². The molecule has 0 radical (unpaired) electrons. The van der Waals surface area contributed by atoms with Gasteiger partial charge >= 0.3 is 0 Å². The van der Waals surface area contributed by atoms with Crippen molar-refractivity contribution < 1.29 is 9.47 Å². The number of hydrogen-bond acceptors (Lipinski definition) is 2. The average molecular weight is 146 g/mol. The molecular weight excluding hydrogens is 128 g/mol. The van der Waals surface area contributed by atoms with Crippen molar-refractivity contribution in [2.75, 3.05) is 13.7 Å². The van der Waals surface area contributed by atoms with E-state index in [0.29, 0.717) is 0 Å². The van der Waals surface area contributed by atoms with Crippen LogP contribution in [0.4, 0.5) is 0 Å². The molecule has 0 aliphatic carbocycles. The third kappa shape index (κ3) is 4.77. The Balaban J connectivity index is 3.21. The molecule has 0 spiro atoms. The molecule has 2 nitrogen and oxygen atoms in total. The Kier molecular flexibility index (Phi) is 6.98. The van der Waals surface area contributed by atoms with Gasteiger partial charge in [0.2, 0.25) is 0 Å². The van der Waals surface area contributed by atoms with Gasteiger partial charge in [0.25, 0.3) is 0 Å². The van der Waals surface area contributed by atoms with Gasteiger partial charge in [0.05, 0.1) is 0 Å². The molecular formula is C8H18O2. The first kappa shape index (κ1) is 9.92. The second kappa shape index (κ2) is 7.03. The molecule has 1 atom stereocenters. The van der Waals surface area contributed by atoms with E-state index in [4.69, 9.17) is 9.47 Å². The van der Waals surface area contributed by atoms with Crippen LogP contribution in [-0.2, 0) is 9.47 Å². The second-order valence-corrected chi connectivity index (χ2v) is 2.32. The molecule has 0 aromatic heterocycles. The fourth-order valence-corrected chi connectivity index (χ4v) is 0.754. The fraction of sp³-hybridized carbons (Fsp3) is 1.00. The summed E-state index contributed by atoms with van der Waals surface area (Å²) in [5, 5.41) is 0. The fourth-order valence-electron chi connectivity index (χ4n) is 0.754. The summed E-state index contributed by atoms with van der Waals surface area (Å²) >= 11 is 0. The summed E-state index contributed by atoms with van der Waals surface area (Å²) < 4.78 is 10.4. The van der Waals surface area contributed by atoms with Crippen LogP contribution in [0.1, 0.15) is 33.1 Å². The highest BCUT2D eigenvalue weighted by Gasteiger charge is 2.03. The van der Waals surface area contributed by atoms with Gasteiger partial charge in [-0.1, -0.05) is 20.3 Å². The molecule has 0 aromatic rings. The summed E-state index contributed by atoms with van der Waals surface area (Å²) in [6.45, 7) is 5.03. The predicted molar refractivity (Wildman–Crippen MR) is 41.9 cm³/mol. The van der Waals surface area contributed by atoms with Crippen LogP contribution in [0.25, 0.3) is 0 Å². The van der Waals surface area contributed by atoms with Gasteiger partial charge in [0.15, 0.2) is 6.29 Å². The highest BCUT2D eigenvalue weighted by Crippen LogP contribution is 2.02. The van der Waals surface area contributed by atoms with E-state index < -0.39 is 0 Å².